The number of halogens is 2. The van der Waals surface area contributed by atoms with E-state index >= 15 is 0 Å². The Hall–Kier alpha value is -3.49. The topological polar surface area (TPSA) is 86.5 Å². The van der Waals surface area contributed by atoms with Crippen LogP contribution < -0.4 is 14.8 Å². The summed E-state index contributed by atoms with van der Waals surface area (Å²) in [5.41, 5.74) is 2.87. The average molecular weight is 415 g/mol. The summed E-state index contributed by atoms with van der Waals surface area (Å²) in [5.74, 6) is 0.458. The normalized spacial score (nSPS) is 14.2. The summed E-state index contributed by atoms with van der Waals surface area (Å²) in [5, 5.41) is 2.71. The van der Waals surface area contributed by atoms with E-state index in [0.717, 1.165) is 5.56 Å². The first-order valence-corrected chi connectivity index (χ1v) is 9.27. The van der Waals surface area contributed by atoms with Crippen molar-refractivity contribution >= 4 is 11.7 Å². The van der Waals surface area contributed by atoms with Crippen molar-refractivity contribution in [2.24, 2.45) is 0 Å². The van der Waals surface area contributed by atoms with Gasteiger partial charge in [0.1, 0.15) is 5.76 Å². The molecule has 0 bridgehead atoms. The van der Waals surface area contributed by atoms with Gasteiger partial charge in [0.25, 0.3) is 5.91 Å². The molecule has 0 saturated heterocycles. The van der Waals surface area contributed by atoms with Crippen molar-refractivity contribution in [2.45, 2.75) is 39.9 Å². The van der Waals surface area contributed by atoms with E-state index in [9.17, 15) is 13.6 Å². The molecule has 1 amide bonds. The fourth-order valence-corrected chi connectivity index (χ4v) is 3.26. The molecule has 2 aromatic heterocycles. The van der Waals surface area contributed by atoms with Crippen molar-refractivity contribution < 1.29 is 27.5 Å². The number of anilines is 1. The minimum absolute atomic E-state index is 0.0328. The molecule has 1 aliphatic rings. The summed E-state index contributed by atoms with van der Waals surface area (Å²) in [6.45, 7) is 7.41. The quantitative estimate of drug-likeness (QED) is 0.642. The molecular formula is C21H19F2N3O4. The lowest BCUT2D eigenvalue weighted by molar-refractivity contribution is -0.286. The highest BCUT2D eigenvalue weighted by molar-refractivity contribution is 6.05. The lowest BCUT2D eigenvalue weighted by Gasteiger charge is -2.09. The number of furan rings is 1. The molecule has 0 atom stereocenters. The summed E-state index contributed by atoms with van der Waals surface area (Å²) in [6.07, 6.45) is 0.707. The molecule has 4 rings (SSSR count). The Labute approximate surface area is 171 Å². The van der Waals surface area contributed by atoms with Crippen molar-refractivity contribution in [3.05, 3.63) is 53.2 Å². The van der Waals surface area contributed by atoms with Crippen LogP contribution in [-0.2, 0) is 0 Å². The zero-order valence-electron chi connectivity index (χ0n) is 16.7. The molecule has 1 aliphatic heterocycles. The number of amides is 1. The summed E-state index contributed by atoms with van der Waals surface area (Å²) < 4.78 is 41.0. The highest BCUT2D eigenvalue weighted by Crippen LogP contribution is 2.44. The van der Waals surface area contributed by atoms with Crippen LogP contribution in [0.3, 0.4) is 0 Å². The molecule has 0 spiro atoms. The van der Waals surface area contributed by atoms with E-state index in [-0.39, 0.29) is 29.1 Å². The Morgan fingerprint density at radius 1 is 1.07 bits per heavy atom. The third-order valence-electron chi connectivity index (χ3n) is 4.67. The van der Waals surface area contributed by atoms with Gasteiger partial charge >= 0.3 is 6.29 Å². The average Bonchev–Trinajstić information content (AvgIpc) is 3.19. The maximum atomic E-state index is 13.3. The van der Waals surface area contributed by atoms with Gasteiger partial charge in [-0.1, -0.05) is 13.8 Å². The number of ether oxygens (including phenoxy) is 2. The molecule has 30 heavy (non-hydrogen) atoms. The minimum atomic E-state index is -3.69. The lowest BCUT2D eigenvalue weighted by atomic mass is 10.0. The monoisotopic (exact) mass is 415 g/mol. The predicted molar refractivity (Wildman–Crippen MR) is 104 cm³/mol. The molecule has 0 unspecified atom stereocenters. The second-order valence-corrected chi connectivity index (χ2v) is 7.34. The van der Waals surface area contributed by atoms with E-state index in [1.807, 2.05) is 13.8 Å². The number of fused-ring (bicyclic) bond motifs is 1. The van der Waals surface area contributed by atoms with Crippen LogP contribution in [0.1, 0.15) is 47.0 Å². The molecule has 0 saturated carbocycles. The van der Waals surface area contributed by atoms with E-state index in [2.05, 4.69) is 24.8 Å². The molecular weight excluding hydrogens is 396 g/mol. The van der Waals surface area contributed by atoms with E-state index in [1.165, 1.54) is 24.5 Å². The Kier molecular flexibility index (Phi) is 4.68. The third kappa shape index (κ3) is 3.58. The van der Waals surface area contributed by atoms with Gasteiger partial charge in [0.15, 0.2) is 17.3 Å². The number of rotatable bonds is 4. The van der Waals surface area contributed by atoms with Crippen LogP contribution in [0.15, 0.2) is 35.2 Å². The standard InChI is InChI=1S/C21H19F2N3O4/c1-10(2)19-18(12(4)9-28-19)20(27)26-17-8-24-14(7-25-17)13-6-16-15(5-11(13)3)29-21(22,23)30-16/h5-10H,1-4H3,(H,25,26,27). The van der Waals surface area contributed by atoms with Gasteiger partial charge in [-0.25, -0.2) is 4.98 Å². The maximum Gasteiger partial charge on any atom is 0.586 e. The number of carbonyl (C=O) groups excluding carboxylic acids is 1. The number of aromatic nitrogens is 2. The number of carbonyl (C=O) groups is 1. The summed E-state index contributed by atoms with van der Waals surface area (Å²) in [6, 6.07) is 2.88. The summed E-state index contributed by atoms with van der Waals surface area (Å²) >= 11 is 0. The van der Waals surface area contributed by atoms with Gasteiger partial charge in [0.2, 0.25) is 0 Å². The van der Waals surface area contributed by atoms with Crippen molar-refractivity contribution in [3.8, 4) is 22.8 Å². The van der Waals surface area contributed by atoms with Crippen LogP contribution >= 0.6 is 0 Å². The number of hydrogen-bond donors (Lipinski definition) is 1. The Bertz CT molecular complexity index is 1120. The summed E-state index contributed by atoms with van der Waals surface area (Å²) in [7, 11) is 0. The Morgan fingerprint density at radius 3 is 2.40 bits per heavy atom. The molecule has 0 radical (unpaired) electrons. The highest BCUT2D eigenvalue weighted by Gasteiger charge is 2.43. The third-order valence-corrected chi connectivity index (χ3v) is 4.67. The van der Waals surface area contributed by atoms with Gasteiger partial charge in [0.05, 0.1) is 29.9 Å². The number of alkyl halides is 2. The Balaban J connectivity index is 1.56. The van der Waals surface area contributed by atoms with Crippen LogP contribution in [0.5, 0.6) is 11.5 Å². The van der Waals surface area contributed by atoms with Gasteiger partial charge in [-0.15, -0.1) is 8.78 Å². The van der Waals surface area contributed by atoms with Gasteiger partial charge in [-0.2, -0.15) is 0 Å². The van der Waals surface area contributed by atoms with Gasteiger partial charge in [-0.05, 0) is 31.5 Å². The first kappa shape index (κ1) is 19.8. The minimum Gasteiger partial charge on any atom is -0.468 e. The zero-order valence-corrected chi connectivity index (χ0v) is 16.7. The molecule has 9 heteroatoms. The highest BCUT2D eigenvalue weighted by atomic mass is 19.3. The van der Waals surface area contributed by atoms with Crippen molar-refractivity contribution in [1.29, 1.82) is 0 Å². The SMILES string of the molecule is Cc1cc2c(cc1-c1cnc(NC(=O)c3c(C)coc3C(C)C)cn1)OC(F)(F)O2. The van der Waals surface area contributed by atoms with Gasteiger partial charge in [-0.3, -0.25) is 9.78 Å². The van der Waals surface area contributed by atoms with E-state index < -0.39 is 6.29 Å². The van der Waals surface area contributed by atoms with Gasteiger partial charge in [0, 0.05) is 17.0 Å². The first-order chi connectivity index (χ1) is 14.1. The fourth-order valence-electron chi connectivity index (χ4n) is 3.26. The molecule has 0 fully saturated rings. The van der Waals surface area contributed by atoms with Crippen molar-refractivity contribution in [3.63, 3.8) is 0 Å². The molecule has 0 aliphatic carbocycles. The smallest absolute Gasteiger partial charge is 0.468 e. The number of nitrogens with one attached hydrogen (secondary N) is 1. The van der Waals surface area contributed by atoms with E-state index in [1.54, 1.807) is 20.1 Å². The van der Waals surface area contributed by atoms with Crippen LogP contribution in [0.2, 0.25) is 0 Å². The van der Waals surface area contributed by atoms with Crippen molar-refractivity contribution in [1.82, 2.24) is 9.97 Å². The summed E-state index contributed by atoms with van der Waals surface area (Å²) in [4.78, 5) is 21.2. The molecule has 3 heterocycles. The lowest BCUT2D eigenvalue weighted by Crippen LogP contribution is -2.25. The van der Waals surface area contributed by atoms with E-state index in [4.69, 9.17) is 4.42 Å². The number of aryl methyl sites for hydroxylation is 2. The fraction of sp³-hybridized carbons (Fsp3) is 0.286. The van der Waals surface area contributed by atoms with Crippen LogP contribution in [0.4, 0.5) is 14.6 Å². The molecule has 7 nitrogen and oxygen atoms in total. The second kappa shape index (κ2) is 7.08. The number of benzene rings is 1. The van der Waals surface area contributed by atoms with Crippen LogP contribution in [0.25, 0.3) is 11.3 Å². The maximum absolute atomic E-state index is 13.3. The van der Waals surface area contributed by atoms with Crippen LogP contribution in [-0.4, -0.2) is 22.2 Å². The number of hydrogen-bond acceptors (Lipinski definition) is 6. The Morgan fingerprint density at radius 2 is 1.77 bits per heavy atom. The first-order valence-electron chi connectivity index (χ1n) is 9.27. The zero-order chi connectivity index (χ0) is 21.6. The van der Waals surface area contributed by atoms with Crippen molar-refractivity contribution in [2.75, 3.05) is 5.32 Å². The molecule has 1 N–H and O–H groups in total. The van der Waals surface area contributed by atoms with Crippen LogP contribution in [0, 0.1) is 13.8 Å². The number of nitrogens with zero attached hydrogens (tertiary/aromatic N) is 2. The van der Waals surface area contributed by atoms with Gasteiger partial charge < -0.3 is 19.2 Å². The largest absolute Gasteiger partial charge is 0.586 e. The molecule has 1 aromatic carbocycles. The van der Waals surface area contributed by atoms with E-state index in [0.29, 0.717) is 28.1 Å². The second-order valence-electron chi connectivity index (χ2n) is 7.34. The molecule has 156 valence electrons. The molecule has 3 aromatic rings. The predicted octanol–water partition coefficient (Wildman–Crippen LogP) is 5.05.